The summed E-state index contributed by atoms with van der Waals surface area (Å²) < 4.78 is 5.77. The molecule has 4 N–H and O–H groups in total. The molecule has 0 saturated carbocycles. The fraction of sp³-hybridized carbons (Fsp3) is 0.433. The van der Waals surface area contributed by atoms with E-state index in [1.165, 1.54) is 11.9 Å². The molecule has 0 aromatic heterocycles. The van der Waals surface area contributed by atoms with Crippen LogP contribution < -0.4 is 20.7 Å². The van der Waals surface area contributed by atoms with Gasteiger partial charge in [-0.25, -0.2) is 0 Å². The molecule has 5 amide bonds. The molecular formula is C30H37N5O7. The second-order valence-corrected chi connectivity index (χ2v) is 10.4. The molecular weight excluding hydrogens is 542 g/mol. The number of benzene rings is 2. The zero-order valence-corrected chi connectivity index (χ0v) is 23.6. The molecule has 0 bridgehead atoms. The number of ether oxygens (including phenoxy) is 1. The molecule has 4 rings (SSSR count). The number of carbonyl (C=O) groups is 5. The molecule has 2 aromatic rings. The van der Waals surface area contributed by atoms with E-state index in [0.717, 1.165) is 24.1 Å². The maximum Gasteiger partial charge on any atom is 0.255 e. The van der Waals surface area contributed by atoms with Crippen LogP contribution in [0, 0.1) is 0 Å². The Bertz CT molecular complexity index is 1300. The van der Waals surface area contributed by atoms with E-state index < -0.39 is 42.3 Å². The average Bonchev–Trinajstić information content (AvgIpc) is 3.40. The Morgan fingerprint density at radius 2 is 1.74 bits per heavy atom. The SMILES string of the molecule is CN1CCOc2ccccc2C(=O)N[C@H](C(=O)NCc2ccc(CN3CCCC3=O)cc2)CCC(=O)N[C@@H](CO)C1=O. The van der Waals surface area contributed by atoms with Crippen molar-refractivity contribution in [3.05, 3.63) is 65.2 Å². The van der Waals surface area contributed by atoms with E-state index in [2.05, 4.69) is 16.0 Å². The van der Waals surface area contributed by atoms with E-state index in [4.69, 9.17) is 4.74 Å². The van der Waals surface area contributed by atoms with Gasteiger partial charge in [-0.1, -0.05) is 36.4 Å². The molecule has 224 valence electrons. The van der Waals surface area contributed by atoms with Crippen molar-refractivity contribution in [3.63, 3.8) is 0 Å². The highest BCUT2D eigenvalue weighted by Gasteiger charge is 2.27. The first-order chi connectivity index (χ1) is 20.2. The number of hydrogen-bond acceptors (Lipinski definition) is 7. The molecule has 0 unspecified atom stereocenters. The van der Waals surface area contributed by atoms with Crippen molar-refractivity contribution in [2.75, 3.05) is 33.4 Å². The minimum Gasteiger partial charge on any atom is -0.491 e. The lowest BCUT2D eigenvalue weighted by atomic mass is 10.1. The summed E-state index contributed by atoms with van der Waals surface area (Å²) in [6, 6.07) is 11.9. The molecule has 2 aliphatic rings. The van der Waals surface area contributed by atoms with E-state index in [1.54, 1.807) is 24.3 Å². The van der Waals surface area contributed by atoms with E-state index in [1.807, 2.05) is 29.2 Å². The van der Waals surface area contributed by atoms with E-state index in [-0.39, 0.29) is 49.8 Å². The Labute approximate surface area is 244 Å². The van der Waals surface area contributed by atoms with Gasteiger partial charge in [-0.3, -0.25) is 24.0 Å². The predicted octanol–water partition coefficient (Wildman–Crippen LogP) is 0.332. The third kappa shape index (κ3) is 8.06. The quantitative estimate of drug-likeness (QED) is 0.384. The van der Waals surface area contributed by atoms with Gasteiger partial charge in [0.1, 0.15) is 24.4 Å². The maximum atomic E-state index is 13.2. The summed E-state index contributed by atoms with van der Waals surface area (Å²) in [7, 11) is 1.53. The van der Waals surface area contributed by atoms with E-state index in [0.29, 0.717) is 13.0 Å². The third-order valence-electron chi connectivity index (χ3n) is 7.32. The average molecular weight is 580 g/mol. The fourth-order valence-corrected chi connectivity index (χ4v) is 4.85. The number of aliphatic hydroxyl groups is 1. The Balaban J connectivity index is 1.45. The standard InChI is InChI=1S/C30H37N5O7/c1-34-15-16-42-25-6-3-2-5-22(25)28(39)33-23(12-13-26(37)32-24(19-36)30(34)41)29(40)31-17-20-8-10-21(11-9-20)18-35-14-4-7-27(35)38/h2-3,5-6,8-11,23-24,36H,4,7,12-19H2,1H3,(H,31,40)(H,32,37)(H,33,39)/t23-,24-/m0/s1. The minimum absolute atomic E-state index is 0.0442. The third-order valence-corrected chi connectivity index (χ3v) is 7.32. The molecule has 1 saturated heterocycles. The largest absolute Gasteiger partial charge is 0.491 e. The Morgan fingerprint density at radius 3 is 2.45 bits per heavy atom. The van der Waals surface area contributed by atoms with Gasteiger partial charge in [0.2, 0.25) is 23.6 Å². The zero-order chi connectivity index (χ0) is 30.1. The highest BCUT2D eigenvalue weighted by Crippen LogP contribution is 2.19. The van der Waals surface area contributed by atoms with Crippen molar-refractivity contribution in [1.29, 1.82) is 0 Å². The molecule has 42 heavy (non-hydrogen) atoms. The Kier molecular flexibility index (Phi) is 10.5. The summed E-state index contributed by atoms with van der Waals surface area (Å²) in [5.41, 5.74) is 2.03. The van der Waals surface area contributed by atoms with Crippen LogP contribution in [0.1, 0.15) is 47.2 Å². The van der Waals surface area contributed by atoms with E-state index >= 15 is 0 Å². The number of nitrogens with one attached hydrogen (secondary N) is 3. The predicted molar refractivity (Wildman–Crippen MR) is 152 cm³/mol. The van der Waals surface area contributed by atoms with Crippen LogP contribution in [-0.4, -0.2) is 89.9 Å². The van der Waals surface area contributed by atoms with Crippen LogP contribution in [0.4, 0.5) is 0 Å². The molecule has 2 heterocycles. The summed E-state index contributed by atoms with van der Waals surface area (Å²) in [5.74, 6) is -1.62. The number of likely N-dealkylation sites (tertiary alicyclic amines) is 1. The van der Waals surface area contributed by atoms with Gasteiger partial charge in [0.25, 0.3) is 5.91 Å². The van der Waals surface area contributed by atoms with Gasteiger partial charge in [0, 0.05) is 39.5 Å². The lowest BCUT2D eigenvalue weighted by Gasteiger charge is -2.23. The van der Waals surface area contributed by atoms with Crippen LogP contribution in [0.2, 0.25) is 0 Å². The molecule has 12 nitrogen and oxygen atoms in total. The molecule has 0 aliphatic carbocycles. The molecule has 2 atom stereocenters. The second kappa shape index (κ2) is 14.4. The van der Waals surface area contributed by atoms with Crippen molar-refractivity contribution in [1.82, 2.24) is 25.8 Å². The molecule has 0 spiro atoms. The van der Waals surface area contributed by atoms with Gasteiger partial charge in [-0.05, 0) is 36.1 Å². The van der Waals surface area contributed by atoms with Gasteiger partial charge in [-0.15, -0.1) is 0 Å². The number of para-hydroxylation sites is 1. The normalized spacial score (nSPS) is 20.5. The zero-order valence-electron chi connectivity index (χ0n) is 23.6. The minimum atomic E-state index is -1.15. The van der Waals surface area contributed by atoms with Crippen molar-refractivity contribution in [2.24, 2.45) is 0 Å². The first-order valence-corrected chi connectivity index (χ1v) is 14.1. The highest BCUT2D eigenvalue weighted by atomic mass is 16.5. The second-order valence-electron chi connectivity index (χ2n) is 10.4. The Morgan fingerprint density at radius 1 is 1.00 bits per heavy atom. The topological polar surface area (TPSA) is 157 Å². The van der Waals surface area contributed by atoms with Gasteiger partial charge >= 0.3 is 0 Å². The maximum absolute atomic E-state index is 13.2. The van der Waals surface area contributed by atoms with Gasteiger partial charge in [-0.2, -0.15) is 0 Å². The number of aliphatic hydroxyl groups excluding tert-OH is 1. The van der Waals surface area contributed by atoms with Gasteiger partial charge < -0.3 is 35.6 Å². The van der Waals surface area contributed by atoms with Crippen LogP contribution in [0.5, 0.6) is 5.75 Å². The van der Waals surface area contributed by atoms with Crippen LogP contribution in [0.15, 0.2) is 48.5 Å². The summed E-state index contributed by atoms with van der Waals surface area (Å²) in [4.78, 5) is 66.9. The lowest BCUT2D eigenvalue weighted by Crippen LogP contribution is -2.51. The van der Waals surface area contributed by atoms with Crippen LogP contribution in [0.3, 0.4) is 0 Å². The first kappa shape index (κ1) is 30.5. The number of nitrogens with zero attached hydrogens (tertiary/aromatic N) is 2. The van der Waals surface area contributed by atoms with Crippen LogP contribution >= 0.6 is 0 Å². The summed E-state index contributed by atoms with van der Waals surface area (Å²) in [6.07, 6.45) is 1.24. The van der Waals surface area contributed by atoms with Crippen LogP contribution in [-0.2, 0) is 32.3 Å². The van der Waals surface area contributed by atoms with Crippen molar-refractivity contribution >= 4 is 29.5 Å². The molecule has 2 aromatic carbocycles. The van der Waals surface area contributed by atoms with Crippen LogP contribution in [0.25, 0.3) is 0 Å². The summed E-state index contributed by atoms with van der Waals surface area (Å²) >= 11 is 0. The van der Waals surface area contributed by atoms with E-state index in [9.17, 15) is 29.1 Å². The van der Waals surface area contributed by atoms with Crippen molar-refractivity contribution < 1.29 is 33.8 Å². The number of rotatable bonds is 6. The molecule has 1 fully saturated rings. The number of amides is 5. The highest BCUT2D eigenvalue weighted by molar-refractivity contribution is 5.99. The number of fused-ring (bicyclic) bond motifs is 1. The number of carbonyl (C=O) groups excluding carboxylic acids is 5. The molecule has 2 aliphatic heterocycles. The lowest BCUT2D eigenvalue weighted by molar-refractivity contribution is -0.137. The summed E-state index contributed by atoms with van der Waals surface area (Å²) in [6.45, 7) is 1.12. The van der Waals surface area contributed by atoms with Crippen molar-refractivity contribution in [3.8, 4) is 5.75 Å². The number of likely N-dealkylation sites (N-methyl/N-ethyl adjacent to an activating group) is 1. The molecule has 12 heteroatoms. The van der Waals surface area contributed by atoms with Gasteiger partial charge in [0.15, 0.2) is 0 Å². The summed E-state index contributed by atoms with van der Waals surface area (Å²) in [5, 5.41) is 17.7. The fourth-order valence-electron chi connectivity index (χ4n) is 4.85. The van der Waals surface area contributed by atoms with Gasteiger partial charge in [0.05, 0.1) is 18.7 Å². The Hall–Kier alpha value is -4.45. The molecule has 0 radical (unpaired) electrons. The van der Waals surface area contributed by atoms with Crippen molar-refractivity contribution in [2.45, 2.75) is 50.9 Å². The smallest absolute Gasteiger partial charge is 0.255 e. The number of hydrogen-bond donors (Lipinski definition) is 4. The first-order valence-electron chi connectivity index (χ1n) is 14.1. The monoisotopic (exact) mass is 579 g/mol.